The quantitative estimate of drug-likeness (QED) is 0.888. The van der Waals surface area contributed by atoms with Gasteiger partial charge in [-0.25, -0.2) is 0 Å². The van der Waals surface area contributed by atoms with Crippen molar-refractivity contribution in [2.24, 2.45) is 16.7 Å². The van der Waals surface area contributed by atoms with Crippen LogP contribution >= 0.6 is 0 Å². The molecule has 0 radical (unpaired) electrons. The van der Waals surface area contributed by atoms with E-state index in [4.69, 9.17) is 0 Å². The summed E-state index contributed by atoms with van der Waals surface area (Å²) in [5, 5.41) is 8.24. The standard InChI is InChI=1S/C16H27N3/c1-11(2)19-10-13(9-17-19)18-14-15(3,4)12-6-7-16(14,5)8-12/h9-12,14,18H,6-8H2,1-5H3. The minimum atomic E-state index is 0.396. The molecule has 0 spiro atoms. The lowest BCUT2D eigenvalue weighted by Crippen LogP contribution is -2.45. The lowest BCUT2D eigenvalue weighted by molar-refractivity contribution is 0.155. The first-order chi connectivity index (χ1) is 8.83. The Labute approximate surface area is 116 Å². The van der Waals surface area contributed by atoms with E-state index in [1.165, 1.54) is 24.9 Å². The largest absolute Gasteiger partial charge is 0.379 e. The zero-order valence-corrected chi connectivity index (χ0v) is 12.9. The number of aromatic nitrogens is 2. The molecule has 2 bridgehead atoms. The van der Waals surface area contributed by atoms with Crippen molar-refractivity contribution < 1.29 is 0 Å². The van der Waals surface area contributed by atoms with E-state index in [9.17, 15) is 0 Å². The highest BCUT2D eigenvalue weighted by Gasteiger charge is 2.59. The predicted octanol–water partition coefficient (Wildman–Crippen LogP) is 4.09. The summed E-state index contributed by atoms with van der Waals surface area (Å²) in [5.41, 5.74) is 2.04. The maximum absolute atomic E-state index is 4.44. The SMILES string of the molecule is CC(C)n1cc(NC2C3(C)CCC(C3)C2(C)C)cn1. The molecule has 0 saturated heterocycles. The van der Waals surface area contributed by atoms with E-state index in [-0.39, 0.29) is 0 Å². The topological polar surface area (TPSA) is 29.9 Å². The van der Waals surface area contributed by atoms with Gasteiger partial charge in [0.1, 0.15) is 0 Å². The van der Waals surface area contributed by atoms with E-state index in [0.29, 0.717) is 22.9 Å². The third-order valence-corrected chi connectivity index (χ3v) is 5.71. The number of rotatable bonds is 3. The molecule has 106 valence electrons. The van der Waals surface area contributed by atoms with Gasteiger partial charge < -0.3 is 5.32 Å². The molecule has 1 aromatic heterocycles. The minimum Gasteiger partial charge on any atom is -0.379 e. The number of hydrogen-bond acceptors (Lipinski definition) is 2. The summed E-state index contributed by atoms with van der Waals surface area (Å²) in [7, 11) is 0. The molecule has 2 aliphatic rings. The molecule has 19 heavy (non-hydrogen) atoms. The fourth-order valence-electron chi connectivity index (χ4n) is 4.52. The van der Waals surface area contributed by atoms with Crippen molar-refractivity contribution >= 4 is 5.69 Å². The summed E-state index contributed by atoms with van der Waals surface area (Å²) < 4.78 is 2.03. The Hall–Kier alpha value is -0.990. The molecular weight excluding hydrogens is 234 g/mol. The number of fused-ring (bicyclic) bond motifs is 2. The smallest absolute Gasteiger partial charge is 0.0729 e. The van der Waals surface area contributed by atoms with Gasteiger partial charge in [0, 0.05) is 18.3 Å². The first-order valence-corrected chi connectivity index (χ1v) is 7.63. The van der Waals surface area contributed by atoms with E-state index < -0.39 is 0 Å². The number of nitrogens with one attached hydrogen (secondary N) is 1. The van der Waals surface area contributed by atoms with Crippen LogP contribution in [0, 0.1) is 16.7 Å². The molecule has 1 N–H and O–H groups in total. The van der Waals surface area contributed by atoms with Crippen LogP contribution in [-0.2, 0) is 0 Å². The zero-order chi connectivity index (χ0) is 13.8. The van der Waals surface area contributed by atoms with Gasteiger partial charge in [-0.2, -0.15) is 5.10 Å². The van der Waals surface area contributed by atoms with Gasteiger partial charge in [0.2, 0.25) is 0 Å². The van der Waals surface area contributed by atoms with Gasteiger partial charge in [-0.3, -0.25) is 4.68 Å². The molecule has 0 aliphatic heterocycles. The molecule has 2 saturated carbocycles. The van der Waals surface area contributed by atoms with E-state index in [1.807, 2.05) is 10.9 Å². The van der Waals surface area contributed by atoms with Crippen molar-refractivity contribution in [2.75, 3.05) is 5.32 Å². The highest BCUT2D eigenvalue weighted by molar-refractivity contribution is 5.42. The second-order valence-corrected chi connectivity index (χ2v) is 7.80. The molecule has 3 nitrogen and oxygen atoms in total. The molecule has 1 aromatic rings. The van der Waals surface area contributed by atoms with Gasteiger partial charge in [-0.15, -0.1) is 0 Å². The van der Waals surface area contributed by atoms with Crippen LogP contribution in [0.3, 0.4) is 0 Å². The Morgan fingerprint density at radius 2 is 2.11 bits per heavy atom. The van der Waals surface area contributed by atoms with Crippen LogP contribution in [0.1, 0.15) is 59.9 Å². The second kappa shape index (κ2) is 4.00. The average molecular weight is 261 g/mol. The number of anilines is 1. The van der Waals surface area contributed by atoms with Gasteiger partial charge in [-0.1, -0.05) is 20.8 Å². The Morgan fingerprint density at radius 1 is 1.37 bits per heavy atom. The number of hydrogen-bond donors (Lipinski definition) is 1. The first-order valence-electron chi connectivity index (χ1n) is 7.63. The van der Waals surface area contributed by atoms with Crippen LogP contribution in [-0.4, -0.2) is 15.8 Å². The maximum Gasteiger partial charge on any atom is 0.0729 e. The van der Waals surface area contributed by atoms with Crippen molar-refractivity contribution in [1.29, 1.82) is 0 Å². The molecule has 3 atom stereocenters. The lowest BCUT2D eigenvalue weighted by atomic mass is 9.68. The van der Waals surface area contributed by atoms with Crippen LogP contribution in [0.15, 0.2) is 12.4 Å². The molecule has 0 aromatic carbocycles. The van der Waals surface area contributed by atoms with Crippen molar-refractivity contribution in [3.05, 3.63) is 12.4 Å². The molecule has 1 heterocycles. The summed E-state index contributed by atoms with van der Waals surface area (Å²) in [6.07, 6.45) is 8.29. The Balaban J connectivity index is 1.82. The minimum absolute atomic E-state index is 0.396. The fourth-order valence-corrected chi connectivity index (χ4v) is 4.52. The third-order valence-electron chi connectivity index (χ3n) is 5.71. The van der Waals surface area contributed by atoms with Crippen molar-refractivity contribution in [3.8, 4) is 0 Å². The van der Waals surface area contributed by atoms with Gasteiger partial charge in [0.15, 0.2) is 0 Å². The summed E-state index contributed by atoms with van der Waals surface area (Å²) in [6.45, 7) is 11.7. The molecule has 2 aliphatic carbocycles. The van der Waals surface area contributed by atoms with Crippen molar-refractivity contribution in [2.45, 2.75) is 66.0 Å². The van der Waals surface area contributed by atoms with Crippen LogP contribution in [0.4, 0.5) is 5.69 Å². The van der Waals surface area contributed by atoms with Gasteiger partial charge >= 0.3 is 0 Å². The summed E-state index contributed by atoms with van der Waals surface area (Å²) in [6, 6.07) is 1.00. The third kappa shape index (κ3) is 1.89. The van der Waals surface area contributed by atoms with E-state index in [2.05, 4.69) is 51.2 Å². The first kappa shape index (κ1) is 13.0. The average Bonchev–Trinajstić information content (AvgIpc) is 2.95. The lowest BCUT2D eigenvalue weighted by Gasteiger charge is -2.43. The molecule has 3 unspecified atom stereocenters. The highest BCUT2D eigenvalue weighted by Crippen LogP contribution is 2.63. The summed E-state index contributed by atoms with van der Waals surface area (Å²) in [4.78, 5) is 0. The van der Waals surface area contributed by atoms with E-state index in [0.717, 1.165) is 5.92 Å². The highest BCUT2D eigenvalue weighted by atomic mass is 15.3. The summed E-state index contributed by atoms with van der Waals surface area (Å²) in [5.74, 6) is 0.884. The van der Waals surface area contributed by atoms with Crippen LogP contribution in [0.25, 0.3) is 0 Å². The molecule has 2 fully saturated rings. The van der Waals surface area contributed by atoms with Crippen molar-refractivity contribution in [1.82, 2.24) is 9.78 Å². The monoisotopic (exact) mass is 261 g/mol. The Kier molecular flexibility index (Phi) is 2.74. The molecule has 0 amide bonds. The Bertz CT molecular complexity index is 469. The fraction of sp³-hybridized carbons (Fsp3) is 0.812. The zero-order valence-electron chi connectivity index (χ0n) is 12.9. The molecule has 3 rings (SSSR count). The second-order valence-electron chi connectivity index (χ2n) is 7.80. The van der Waals surface area contributed by atoms with Crippen LogP contribution < -0.4 is 5.32 Å². The number of nitrogens with zero attached hydrogens (tertiary/aromatic N) is 2. The van der Waals surface area contributed by atoms with Gasteiger partial charge in [-0.05, 0) is 49.9 Å². The molecular formula is C16H27N3. The van der Waals surface area contributed by atoms with Gasteiger partial charge in [0.05, 0.1) is 11.9 Å². The Morgan fingerprint density at radius 3 is 2.63 bits per heavy atom. The van der Waals surface area contributed by atoms with Crippen LogP contribution in [0.2, 0.25) is 0 Å². The van der Waals surface area contributed by atoms with E-state index >= 15 is 0 Å². The van der Waals surface area contributed by atoms with Crippen molar-refractivity contribution in [3.63, 3.8) is 0 Å². The maximum atomic E-state index is 4.44. The van der Waals surface area contributed by atoms with Crippen LogP contribution in [0.5, 0.6) is 0 Å². The van der Waals surface area contributed by atoms with Gasteiger partial charge in [0.25, 0.3) is 0 Å². The normalized spacial score (nSPS) is 36.1. The van der Waals surface area contributed by atoms with E-state index in [1.54, 1.807) is 0 Å². The molecule has 3 heteroatoms. The predicted molar refractivity (Wildman–Crippen MR) is 79.3 cm³/mol. The summed E-state index contributed by atoms with van der Waals surface area (Å²) >= 11 is 0.